The first-order chi connectivity index (χ1) is 11.2. The number of carbonyl (C=O) groups excluding carboxylic acids is 1. The van der Waals surface area contributed by atoms with Crippen molar-refractivity contribution in [1.82, 2.24) is 5.32 Å². The van der Waals surface area contributed by atoms with Crippen LogP contribution in [0.1, 0.15) is 15.9 Å². The van der Waals surface area contributed by atoms with Crippen molar-refractivity contribution in [3.63, 3.8) is 0 Å². The van der Waals surface area contributed by atoms with Crippen molar-refractivity contribution in [2.75, 3.05) is 27.9 Å². The molecule has 1 amide bonds. The molecule has 2 aromatic carbocycles. The molecule has 122 valence electrons. The summed E-state index contributed by atoms with van der Waals surface area (Å²) in [6, 6.07) is 12.9. The molecule has 2 aromatic rings. The summed E-state index contributed by atoms with van der Waals surface area (Å²) >= 11 is 0. The van der Waals surface area contributed by atoms with Gasteiger partial charge in [0.25, 0.3) is 5.91 Å². The monoisotopic (exact) mass is 315 g/mol. The molecule has 0 radical (unpaired) electrons. The molecule has 0 saturated heterocycles. The van der Waals surface area contributed by atoms with Crippen LogP contribution < -0.4 is 19.5 Å². The van der Waals surface area contributed by atoms with Gasteiger partial charge < -0.3 is 19.5 Å². The van der Waals surface area contributed by atoms with Gasteiger partial charge in [-0.25, -0.2) is 0 Å². The van der Waals surface area contributed by atoms with Gasteiger partial charge in [0.05, 0.1) is 21.3 Å². The van der Waals surface area contributed by atoms with Gasteiger partial charge in [-0.1, -0.05) is 12.1 Å². The lowest BCUT2D eigenvalue weighted by atomic mass is 10.1. The summed E-state index contributed by atoms with van der Waals surface area (Å²) in [5.41, 5.74) is 1.64. The lowest BCUT2D eigenvalue weighted by molar-refractivity contribution is 0.0953. The minimum Gasteiger partial charge on any atom is -0.497 e. The highest BCUT2D eigenvalue weighted by atomic mass is 16.5. The van der Waals surface area contributed by atoms with Crippen LogP contribution in [0.4, 0.5) is 0 Å². The summed E-state index contributed by atoms with van der Waals surface area (Å²) in [4.78, 5) is 12.2. The van der Waals surface area contributed by atoms with Crippen LogP contribution in [-0.4, -0.2) is 33.8 Å². The lowest BCUT2D eigenvalue weighted by Crippen LogP contribution is -2.25. The van der Waals surface area contributed by atoms with Crippen molar-refractivity contribution in [2.24, 2.45) is 0 Å². The maximum absolute atomic E-state index is 12.2. The van der Waals surface area contributed by atoms with E-state index in [0.717, 1.165) is 17.7 Å². The summed E-state index contributed by atoms with van der Waals surface area (Å²) in [5.74, 6) is 1.84. The SMILES string of the molecule is COc1ccc(CCNC(=O)c2cc(OC)cc(OC)c2)cc1. The Morgan fingerprint density at radius 2 is 1.43 bits per heavy atom. The number of amides is 1. The fraction of sp³-hybridized carbons (Fsp3) is 0.278. The molecule has 0 unspecified atom stereocenters. The van der Waals surface area contributed by atoms with Gasteiger partial charge in [-0.3, -0.25) is 4.79 Å². The first kappa shape index (κ1) is 16.7. The van der Waals surface area contributed by atoms with Crippen molar-refractivity contribution in [3.8, 4) is 17.2 Å². The minimum atomic E-state index is -0.157. The zero-order valence-electron chi connectivity index (χ0n) is 13.6. The molecule has 0 fully saturated rings. The molecule has 23 heavy (non-hydrogen) atoms. The molecule has 0 aliphatic rings. The van der Waals surface area contributed by atoms with Gasteiger partial charge in [-0.15, -0.1) is 0 Å². The van der Waals surface area contributed by atoms with Crippen molar-refractivity contribution < 1.29 is 19.0 Å². The molecule has 0 aliphatic heterocycles. The fourth-order valence-electron chi connectivity index (χ4n) is 2.15. The Balaban J connectivity index is 1.93. The van der Waals surface area contributed by atoms with Crippen LogP contribution in [0.15, 0.2) is 42.5 Å². The average Bonchev–Trinajstić information content (AvgIpc) is 2.61. The Hall–Kier alpha value is -2.69. The van der Waals surface area contributed by atoms with Gasteiger partial charge in [0.2, 0.25) is 0 Å². The van der Waals surface area contributed by atoms with Crippen LogP contribution in [0, 0.1) is 0 Å². The molecule has 5 heteroatoms. The van der Waals surface area contributed by atoms with Crippen molar-refractivity contribution in [1.29, 1.82) is 0 Å². The topological polar surface area (TPSA) is 56.8 Å². The van der Waals surface area contributed by atoms with Crippen LogP contribution >= 0.6 is 0 Å². The van der Waals surface area contributed by atoms with Crippen molar-refractivity contribution in [3.05, 3.63) is 53.6 Å². The number of carbonyl (C=O) groups is 1. The fourth-order valence-corrected chi connectivity index (χ4v) is 2.15. The van der Waals surface area contributed by atoms with Crippen LogP contribution in [-0.2, 0) is 6.42 Å². The minimum absolute atomic E-state index is 0.157. The van der Waals surface area contributed by atoms with Crippen LogP contribution in [0.2, 0.25) is 0 Å². The third kappa shape index (κ3) is 4.64. The normalized spacial score (nSPS) is 10.0. The van der Waals surface area contributed by atoms with Gasteiger partial charge in [0.1, 0.15) is 17.2 Å². The molecule has 0 heterocycles. The van der Waals surface area contributed by atoms with Crippen molar-refractivity contribution in [2.45, 2.75) is 6.42 Å². The summed E-state index contributed by atoms with van der Waals surface area (Å²) < 4.78 is 15.5. The van der Waals surface area contributed by atoms with E-state index in [9.17, 15) is 4.79 Å². The molecule has 0 spiro atoms. The van der Waals surface area contributed by atoms with Crippen molar-refractivity contribution >= 4 is 5.91 Å². The third-order valence-corrected chi connectivity index (χ3v) is 3.47. The van der Waals surface area contributed by atoms with E-state index in [4.69, 9.17) is 14.2 Å². The molecule has 0 bridgehead atoms. The van der Waals surface area contributed by atoms with Gasteiger partial charge in [0, 0.05) is 18.2 Å². The van der Waals surface area contributed by atoms with E-state index in [1.165, 1.54) is 0 Å². The Morgan fingerprint density at radius 3 is 1.96 bits per heavy atom. The first-order valence-corrected chi connectivity index (χ1v) is 7.30. The second-order valence-electron chi connectivity index (χ2n) is 4.96. The number of methoxy groups -OCH3 is 3. The highest BCUT2D eigenvalue weighted by Gasteiger charge is 2.09. The largest absolute Gasteiger partial charge is 0.497 e. The van der Waals surface area contributed by atoms with Crippen LogP contribution in [0.25, 0.3) is 0 Å². The quantitative estimate of drug-likeness (QED) is 0.853. The highest BCUT2D eigenvalue weighted by Crippen LogP contribution is 2.22. The number of rotatable bonds is 7. The molecule has 0 aromatic heterocycles. The molecule has 5 nitrogen and oxygen atoms in total. The number of benzene rings is 2. The van der Waals surface area contributed by atoms with Gasteiger partial charge in [0.15, 0.2) is 0 Å². The number of hydrogen-bond acceptors (Lipinski definition) is 4. The second-order valence-corrected chi connectivity index (χ2v) is 4.96. The van der Waals surface area contributed by atoms with E-state index in [2.05, 4.69) is 5.32 Å². The zero-order chi connectivity index (χ0) is 16.7. The van der Waals surface area contributed by atoms with Crippen LogP contribution in [0.3, 0.4) is 0 Å². The second kappa shape index (κ2) is 8.08. The molecule has 0 atom stereocenters. The van der Waals surface area contributed by atoms with Crippen LogP contribution in [0.5, 0.6) is 17.2 Å². The summed E-state index contributed by atoms with van der Waals surface area (Å²) in [6.45, 7) is 0.546. The predicted octanol–water partition coefficient (Wildman–Crippen LogP) is 2.68. The Bertz CT molecular complexity index is 630. The first-order valence-electron chi connectivity index (χ1n) is 7.30. The smallest absolute Gasteiger partial charge is 0.251 e. The number of ether oxygens (including phenoxy) is 3. The Labute approximate surface area is 136 Å². The molecular weight excluding hydrogens is 294 g/mol. The van der Waals surface area contributed by atoms with E-state index >= 15 is 0 Å². The van der Waals surface area contributed by atoms with Gasteiger partial charge >= 0.3 is 0 Å². The summed E-state index contributed by atoms with van der Waals surface area (Å²) in [6.07, 6.45) is 0.747. The predicted molar refractivity (Wildman–Crippen MR) is 88.6 cm³/mol. The molecule has 0 aliphatic carbocycles. The number of nitrogens with one attached hydrogen (secondary N) is 1. The maximum Gasteiger partial charge on any atom is 0.251 e. The van der Waals surface area contributed by atoms with Gasteiger partial charge in [-0.2, -0.15) is 0 Å². The number of hydrogen-bond donors (Lipinski definition) is 1. The maximum atomic E-state index is 12.2. The van der Waals surface area contributed by atoms with E-state index in [-0.39, 0.29) is 5.91 Å². The van der Waals surface area contributed by atoms with E-state index < -0.39 is 0 Å². The van der Waals surface area contributed by atoms with E-state index in [0.29, 0.717) is 23.6 Å². The van der Waals surface area contributed by atoms with E-state index in [1.807, 2.05) is 24.3 Å². The molecule has 0 saturated carbocycles. The summed E-state index contributed by atoms with van der Waals surface area (Å²) in [7, 11) is 4.75. The molecular formula is C18H21NO4. The lowest BCUT2D eigenvalue weighted by Gasteiger charge is -2.09. The Morgan fingerprint density at radius 1 is 0.870 bits per heavy atom. The standard InChI is InChI=1S/C18H21NO4/c1-21-15-6-4-13(5-7-15)8-9-19-18(20)14-10-16(22-2)12-17(11-14)23-3/h4-7,10-12H,8-9H2,1-3H3,(H,19,20). The highest BCUT2D eigenvalue weighted by molar-refractivity contribution is 5.95. The Kier molecular flexibility index (Phi) is 5.86. The third-order valence-electron chi connectivity index (χ3n) is 3.47. The summed E-state index contributed by atoms with van der Waals surface area (Å²) in [5, 5.41) is 2.90. The zero-order valence-corrected chi connectivity index (χ0v) is 13.6. The average molecular weight is 315 g/mol. The molecule has 1 N–H and O–H groups in total. The van der Waals surface area contributed by atoms with E-state index in [1.54, 1.807) is 39.5 Å². The van der Waals surface area contributed by atoms with Gasteiger partial charge in [-0.05, 0) is 36.2 Å². The molecule has 2 rings (SSSR count).